The maximum Gasteiger partial charge on any atom is 0.186 e. The lowest BCUT2D eigenvalue weighted by Gasteiger charge is -2.07. The summed E-state index contributed by atoms with van der Waals surface area (Å²) in [6.07, 6.45) is 6.07. The molecule has 0 aliphatic heterocycles. The lowest BCUT2D eigenvalue weighted by atomic mass is 10.3. The van der Waals surface area contributed by atoms with Crippen LogP contribution in [0, 0.1) is 5.82 Å². The van der Waals surface area contributed by atoms with Crippen LogP contribution in [0.5, 0.6) is 0 Å². The second kappa shape index (κ2) is 5.38. The molecule has 2 N–H and O–H groups in total. The normalized spacial score (nSPS) is 10.5. The van der Waals surface area contributed by atoms with E-state index in [1.807, 2.05) is 6.92 Å². The van der Waals surface area contributed by atoms with Crippen LogP contribution >= 0.6 is 0 Å². The zero-order valence-electron chi connectivity index (χ0n) is 9.57. The highest BCUT2D eigenvalue weighted by atomic mass is 19.1. The van der Waals surface area contributed by atoms with E-state index in [9.17, 15) is 4.39 Å². The summed E-state index contributed by atoms with van der Waals surface area (Å²) in [5.41, 5.74) is 0.431. The van der Waals surface area contributed by atoms with E-state index in [0.717, 1.165) is 5.82 Å². The SMILES string of the molecule is CCc1ncnc(NCCc2ncc[nH]2)c1F. The zero-order chi connectivity index (χ0) is 12.1. The zero-order valence-corrected chi connectivity index (χ0v) is 9.57. The summed E-state index contributed by atoms with van der Waals surface area (Å²) in [6.45, 7) is 2.43. The molecule has 17 heavy (non-hydrogen) atoms. The number of aromatic amines is 1. The highest BCUT2D eigenvalue weighted by molar-refractivity contribution is 5.37. The van der Waals surface area contributed by atoms with Crippen LogP contribution in [-0.2, 0) is 12.8 Å². The Balaban J connectivity index is 1.95. The Hall–Kier alpha value is -1.98. The van der Waals surface area contributed by atoms with Crippen LogP contribution in [0.1, 0.15) is 18.4 Å². The predicted molar refractivity (Wildman–Crippen MR) is 62.1 cm³/mol. The number of imidazole rings is 1. The van der Waals surface area contributed by atoms with Gasteiger partial charge in [0.05, 0.1) is 5.69 Å². The molecule has 0 amide bonds. The van der Waals surface area contributed by atoms with E-state index in [1.165, 1.54) is 6.33 Å². The molecular weight excluding hydrogens is 221 g/mol. The van der Waals surface area contributed by atoms with Gasteiger partial charge in [0.1, 0.15) is 12.2 Å². The number of halogens is 1. The first-order chi connectivity index (χ1) is 8.31. The number of aryl methyl sites for hydroxylation is 1. The van der Waals surface area contributed by atoms with Gasteiger partial charge in [-0.25, -0.2) is 19.3 Å². The highest BCUT2D eigenvalue weighted by Crippen LogP contribution is 2.12. The van der Waals surface area contributed by atoms with Gasteiger partial charge < -0.3 is 10.3 Å². The topological polar surface area (TPSA) is 66.5 Å². The van der Waals surface area contributed by atoms with E-state index in [-0.39, 0.29) is 11.6 Å². The van der Waals surface area contributed by atoms with Gasteiger partial charge in [0.2, 0.25) is 0 Å². The maximum atomic E-state index is 13.7. The molecule has 0 radical (unpaired) electrons. The van der Waals surface area contributed by atoms with E-state index in [0.29, 0.717) is 25.1 Å². The summed E-state index contributed by atoms with van der Waals surface area (Å²) in [5.74, 6) is 0.750. The number of rotatable bonds is 5. The minimum absolute atomic E-state index is 0.253. The standard InChI is InChI=1S/C11H14FN5/c1-2-8-10(12)11(17-7-16-8)15-4-3-9-13-5-6-14-9/h5-7H,2-4H2,1H3,(H,13,14)(H,15,16,17). The second-order valence-corrected chi connectivity index (χ2v) is 3.55. The first kappa shape index (κ1) is 11.5. The molecule has 2 heterocycles. The molecule has 0 unspecified atom stereocenters. The van der Waals surface area contributed by atoms with Crippen molar-refractivity contribution in [3.63, 3.8) is 0 Å². The fraction of sp³-hybridized carbons (Fsp3) is 0.364. The highest BCUT2D eigenvalue weighted by Gasteiger charge is 2.08. The van der Waals surface area contributed by atoms with Crippen LogP contribution in [0.25, 0.3) is 0 Å². The van der Waals surface area contributed by atoms with Gasteiger partial charge in [0, 0.05) is 25.4 Å². The lowest BCUT2D eigenvalue weighted by Crippen LogP contribution is -2.10. The molecule has 0 aliphatic rings. The molecular formula is C11H14FN5. The summed E-state index contributed by atoms with van der Waals surface area (Å²) in [6, 6.07) is 0. The largest absolute Gasteiger partial charge is 0.367 e. The van der Waals surface area contributed by atoms with Crippen LogP contribution in [0.4, 0.5) is 10.2 Å². The van der Waals surface area contributed by atoms with Crippen molar-refractivity contribution in [2.75, 3.05) is 11.9 Å². The van der Waals surface area contributed by atoms with Crippen LogP contribution < -0.4 is 5.32 Å². The molecule has 0 bridgehead atoms. The van der Waals surface area contributed by atoms with Crippen molar-refractivity contribution in [2.45, 2.75) is 19.8 Å². The molecule has 2 rings (SSSR count). The molecule has 0 atom stereocenters. The fourth-order valence-electron chi connectivity index (χ4n) is 1.51. The van der Waals surface area contributed by atoms with Gasteiger partial charge in [-0.2, -0.15) is 0 Å². The molecule has 6 heteroatoms. The summed E-state index contributed by atoms with van der Waals surface area (Å²) in [4.78, 5) is 14.8. The van der Waals surface area contributed by atoms with Gasteiger partial charge >= 0.3 is 0 Å². The van der Waals surface area contributed by atoms with Crippen molar-refractivity contribution < 1.29 is 4.39 Å². The van der Waals surface area contributed by atoms with E-state index in [4.69, 9.17) is 0 Å². The number of aromatic nitrogens is 4. The maximum absolute atomic E-state index is 13.7. The summed E-state index contributed by atoms with van der Waals surface area (Å²) < 4.78 is 13.7. The second-order valence-electron chi connectivity index (χ2n) is 3.55. The Labute approximate surface area is 98.5 Å². The molecule has 5 nitrogen and oxygen atoms in total. The molecule has 90 valence electrons. The average molecular weight is 235 g/mol. The molecule has 0 saturated heterocycles. The van der Waals surface area contributed by atoms with Crippen molar-refractivity contribution in [3.8, 4) is 0 Å². The van der Waals surface area contributed by atoms with Crippen molar-refractivity contribution in [1.29, 1.82) is 0 Å². The first-order valence-corrected chi connectivity index (χ1v) is 5.52. The van der Waals surface area contributed by atoms with Gasteiger partial charge in [0.15, 0.2) is 11.6 Å². The fourth-order valence-corrected chi connectivity index (χ4v) is 1.51. The van der Waals surface area contributed by atoms with Crippen LogP contribution in [-0.4, -0.2) is 26.5 Å². The molecule has 0 aromatic carbocycles. The monoisotopic (exact) mass is 235 g/mol. The Morgan fingerprint density at radius 1 is 1.35 bits per heavy atom. The van der Waals surface area contributed by atoms with E-state index >= 15 is 0 Å². The number of hydrogen-bond acceptors (Lipinski definition) is 4. The minimum atomic E-state index is -0.366. The van der Waals surface area contributed by atoms with Gasteiger partial charge in [-0.3, -0.25) is 0 Å². The third-order valence-electron chi connectivity index (χ3n) is 2.41. The summed E-state index contributed by atoms with van der Waals surface area (Å²) in [7, 11) is 0. The minimum Gasteiger partial charge on any atom is -0.367 e. The predicted octanol–water partition coefficient (Wildman–Crippen LogP) is 1.56. The number of hydrogen-bond donors (Lipinski definition) is 2. The van der Waals surface area contributed by atoms with Crippen molar-refractivity contribution >= 4 is 5.82 Å². The summed E-state index contributed by atoms with van der Waals surface area (Å²) in [5, 5.41) is 2.94. The van der Waals surface area contributed by atoms with Gasteiger partial charge in [-0.1, -0.05) is 6.92 Å². The molecule has 0 spiro atoms. The average Bonchev–Trinajstić information content (AvgIpc) is 2.84. The Kier molecular flexibility index (Phi) is 3.64. The molecule has 0 fully saturated rings. The van der Waals surface area contributed by atoms with Gasteiger partial charge in [0.25, 0.3) is 0 Å². The Bertz CT molecular complexity index is 469. The molecule has 2 aromatic rings. The first-order valence-electron chi connectivity index (χ1n) is 5.52. The molecule has 0 saturated carbocycles. The van der Waals surface area contributed by atoms with Crippen LogP contribution in [0.15, 0.2) is 18.7 Å². The van der Waals surface area contributed by atoms with E-state index < -0.39 is 0 Å². The molecule has 2 aromatic heterocycles. The van der Waals surface area contributed by atoms with Gasteiger partial charge in [-0.05, 0) is 6.42 Å². The third kappa shape index (κ3) is 2.77. The van der Waals surface area contributed by atoms with Crippen LogP contribution in [0.2, 0.25) is 0 Å². The number of nitrogens with one attached hydrogen (secondary N) is 2. The summed E-state index contributed by atoms with van der Waals surface area (Å²) >= 11 is 0. The number of anilines is 1. The quantitative estimate of drug-likeness (QED) is 0.825. The Morgan fingerprint density at radius 3 is 2.94 bits per heavy atom. The van der Waals surface area contributed by atoms with E-state index in [2.05, 4.69) is 25.3 Å². The van der Waals surface area contributed by atoms with E-state index in [1.54, 1.807) is 12.4 Å². The van der Waals surface area contributed by atoms with Gasteiger partial charge in [-0.15, -0.1) is 0 Å². The van der Waals surface area contributed by atoms with Crippen molar-refractivity contribution in [2.24, 2.45) is 0 Å². The number of nitrogens with zero attached hydrogens (tertiary/aromatic N) is 3. The van der Waals surface area contributed by atoms with Crippen molar-refractivity contribution in [3.05, 3.63) is 36.1 Å². The van der Waals surface area contributed by atoms with Crippen LogP contribution in [0.3, 0.4) is 0 Å². The van der Waals surface area contributed by atoms with Crippen molar-refractivity contribution in [1.82, 2.24) is 19.9 Å². The lowest BCUT2D eigenvalue weighted by molar-refractivity contribution is 0.596. The Morgan fingerprint density at radius 2 is 2.24 bits per heavy atom. The smallest absolute Gasteiger partial charge is 0.186 e. The number of H-pyrrole nitrogens is 1. The molecule has 0 aliphatic carbocycles. The third-order valence-corrected chi connectivity index (χ3v) is 2.41.